The summed E-state index contributed by atoms with van der Waals surface area (Å²) in [5, 5.41) is 0. The van der Waals surface area contributed by atoms with E-state index in [0.29, 0.717) is 27.0 Å². The van der Waals surface area contributed by atoms with Gasteiger partial charge in [0, 0.05) is 17.1 Å². The molecule has 3 heterocycles. The molecule has 1 atom stereocenters. The average Bonchev–Trinajstić information content (AvgIpc) is 3.37. The Morgan fingerprint density at radius 3 is 2.46 bits per heavy atom. The van der Waals surface area contributed by atoms with Crippen molar-refractivity contribution in [2.45, 2.75) is 40.2 Å². The zero-order valence-electron chi connectivity index (χ0n) is 21.6. The maximum atomic E-state index is 13.9. The highest BCUT2D eigenvalue weighted by Crippen LogP contribution is 2.31. The Hall–Kier alpha value is -3.97. The van der Waals surface area contributed by atoms with E-state index in [-0.39, 0.29) is 5.56 Å². The van der Waals surface area contributed by atoms with Crippen molar-refractivity contribution >= 4 is 23.4 Å². The average molecular weight is 512 g/mol. The van der Waals surface area contributed by atoms with E-state index in [2.05, 4.69) is 43.5 Å². The lowest BCUT2D eigenvalue weighted by atomic mass is 9.95. The number of esters is 1. The number of benzene rings is 2. The molecule has 0 bridgehead atoms. The van der Waals surface area contributed by atoms with E-state index < -0.39 is 12.0 Å². The van der Waals surface area contributed by atoms with Gasteiger partial charge < -0.3 is 9.30 Å². The van der Waals surface area contributed by atoms with Crippen LogP contribution < -0.4 is 14.9 Å². The van der Waals surface area contributed by atoms with Crippen LogP contribution in [0.1, 0.15) is 47.5 Å². The van der Waals surface area contributed by atoms with Crippen LogP contribution in [0.2, 0.25) is 0 Å². The second kappa shape index (κ2) is 9.82. The van der Waals surface area contributed by atoms with Crippen molar-refractivity contribution in [3.63, 3.8) is 0 Å². The molecule has 0 unspecified atom stereocenters. The molecule has 0 saturated heterocycles. The van der Waals surface area contributed by atoms with Crippen LogP contribution in [-0.4, -0.2) is 22.2 Å². The number of aryl methyl sites for hydroxylation is 2. The van der Waals surface area contributed by atoms with Crippen LogP contribution in [0.15, 0.2) is 81.7 Å². The molecule has 4 aromatic rings. The van der Waals surface area contributed by atoms with E-state index in [1.54, 1.807) is 4.57 Å². The van der Waals surface area contributed by atoms with Gasteiger partial charge in [-0.2, -0.15) is 0 Å². The summed E-state index contributed by atoms with van der Waals surface area (Å²) in [6.07, 6.45) is 2.49. The summed E-state index contributed by atoms with van der Waals surface area (Å²) in [6.45, 7) is 8.20. The number of hydrogen-bond donors (Lipinski definition) is 0. The van der Waals surface area contributed by atoms with Gasteiger partial charge in [0.1, 0.15) is 0 Å². The van der Waals surface area contributed by atoms with E-state index >= 15 is 0 Å². The lowest BCUT2D eigenvalue weighted by molar-refractivity contribution is -0.136. The molecule has 0 saturated carbocycles. The lowest BCUT2D eigenvalue weighted by Gasteiger charge is -2.25. The summed E-state index contributed by atoms with van der Waals surface area (Å²) >= 11 is 1.35. The Morgan fingerprint density at radius 2 is 1.78 bits per heavy atom. The van der Waals surface area contributed by atoms with Crippen molar-refractivity contribution in [2.75, 3.05) is 7.11 Å². The summed E-state index contributed by atoms with van der Waals surface area (Å²) < 4.78 is 9.56. The molecule has 5 rings (SSSR count). The number of thiazole rings is 1. The highest BCUT2D eigenvalue weighted by molar-refractivity contribution is 7.07. The van der Waals surface area contributed by atoms with Gasteiger partial charge in [-0.25, -0.2) is 9.79 Å². The number of fused-ring (bicyclic) bond motifs is 1. The standard InChI is InChI=1S/C30H29N3O3S/c1-6-23-26(29(35)36-5)27(21-13-8-7-9-14-21)33-28(34)25(37-30(33)31-23)17-22-16-19(3)32(20(22)4)24-15-11-10-12-18(24)2/h7-17,27H,6H2,1-5H3/b25-17-/t27-/m1/s1. The number of allylic oxidation sites excluding steroid dienone is 1. The third-order valence-electron chi connectivity index (χ3n) is 6.88. The number of carbonyl (C=O) groups excluding carboxylic acids is 1. The monoisotopic (exact) mass is 511 g/mol. The minimum absolute atomic E-state index is 0.171. The first-order valence-electron chi connectivity index (χ1n) is 12.3. The summed E-state index contributed by atoms with van der Waals surface area (Å²) in [5.41, 5.74) is 7.16. The van der Waals surface area contributed by atoms with Crippen LogP contribution in [0.3, 0.4) is 0 Å². The maximum absolute atomic E-state index is 13.9. The lowest BCUT2D eigenvalue weighted by Crippen LogP contribution is -2.40. The first kappa shape index (κ1) is 24.7. The molecule has 0 N–H and O–H groups in total. The Balaban J connectivity index is 1.73. The third kappa shape index (κ3) is 4.19. The Bertz CT molecular complexity index is 1720. The van der Waals surface area contributed by atoms with E-state index in [4.69, 9.17) is 9.73 Å². The van der Waals surface area contributed by atoms with Crippen molar-refractivity contribution in [2.24, 2.45) is 4.99 Å². The molecule has 1 aliphatic rings. The number of rotatable bonds is 5. The van der Waals surface area contributed by atoms with Gasteiger partial charge in [-0.1, -0.05) is 66.8 Å². The van der Waals surface area contributed by atoms with Crippen molar-refractivity contribution < 1.29 is 9.53 Å². The van der Waals surface area contributed by atoms with Gasteiger partial charge in [-0.3, -0.25) is 9.36 Å². The molecular weight excluding hydrogens is 482 g/mol. The van der Waals surface area contributed by atoms with Crippen molar-refractivity contribution in [1.29, 1.82) is 0 Å². The first-order chi connectivity index (χ1) is 17.8. The summed E-state index contributed by atoms with van der Waals surface area (Å²) in [4.78, 5) is 32.1. The number of methoxy groups -OCH3 is 1. The Morgan fingerprint density at radius 1 is 1.08 bits per heavy atom. The van der Waals surface area contributed by atoms with Crippen molar-refractivity contribution in [1.82, 2.24) is 9.13 Å². The highest BCUT2D eigenvalue weighted by Gasteiger charge is 2.33. The van der Waals surface area contributed by atoms with E-state index in [1.165, 1.54) is 24.0 Å². The predicted octanol–water partition coefficient (Wildman–Crippen LogP) is 4.51. The molecule has 2 aromatic heterocycles. The molecule has 0 fully saturated rings. The number of para-hydroxylation sites is 1. The second-order valence-corrected chi connectivity index (χ2v) is 10.2. The number of aromatic nitrogens is 2. The largest absolute Gasteiger partial charge is 0.466 e. The summed E-state index contributed by atoms with van der Waals surface area (Å²) in [6, 6.07) is 19.4. The minimum Gasteiger partial charge on any atom is -0.466 e. The number of ether oxygens (including phenoxy) is 1. The molecule has 0 aliphatic carbocycles. The fourth-order valence-corrected chi connectivity index (χ4v) is 6.09. The molecule has 1 aliphatic heterocycles. The van der Waals surface area contributed by atoms with Crippen LogP contribution in [-0.2, 0) is 9.53 Å². The summed E-state index contributed by atoms with van der Waals surface area (Å²) in [7, 11) is 1.36. The van der Waals surface area contributed by atoms with Gasteiger partial charge in [-0.15, -0.1) is 0 Å². The first-order valence-corrected chi connectivity index (χ1v) is 13.1. The smallest absolute Gasteiger partial charge is 0.338 e. The van der Waals surface area contributed by atoms with Crippen LogP contribution >= 0.6 is 11.3 Å². The van der Waals surface area contributed by atoms with E-state index in [1.807, 2.05) is 55.5 Å². The molecule has 0 spiro atoms. The van der Waals surface area contributed by atoms with Gasteiger partial charge in [-0.05, 0) is 62.1 Å². The van der Waals surface area contributed by atoms with Gasteiger partial charge >= 0.3 is 5.97 Å². The molecule has 2 aromatic carbocycles. The Kier molecular flexibility index (Phi) is 6.56. The molecule has 0 radical (unpaired) electrons. The van der Waals surface area contributed by atoms with Crippen LogP contribution in [0.4, 0.5) is 0 Å². The topological polar surface area (TPSA) is 65.6 Å². The predicted molar refractivity (Wildman–Crippen MR) is 147 cm³/mol. The molecule has 6 nitrogen and oxygen atoms in total. The normalized spacial score (nSPS) is 15.5. The molecule has 37 heavy (non-hydrogen) atoms. The van der Waals surface area contributed by atoms with E-state index in [9.17, 15) is 9.59 Å². The van der Waals surface area contributed by atoms with E-state index in [0.717, 1.165) is 28.2 Å². The van der Waals surface area contributed by atoms with Gasteiger partial charge in [0.15, 0.2) is 4.80 Å². The van der Waals surface area contributed by atoms with Gasteiger partial charge in [0.05, 0.1) is 29.0 Å². The third-order valence-corrected chi connectivity index (χ3v) is 7.86. The SMILES string of the molecule is CCC1=C(C(=O)OC)[C@@H](c2ccccc2)n2c(s/c(=C\c3cc(C)n(-c4ccccc4C)c3C)c2=O)=N1. The van der Waals surface area contributed by atoms with Crippen LogP contribution in [0.25, 0.3) is 11.8 Å². The molecule has 188 valence electrons. The highest BCUT2D eigenvalue weighted by atomic mass is 32.1. The van der Waals surface area contributed by atoms with Crippen molar-refractivity contribution in [3.05, 3.63) is 120 Å². The second-order valence-electron chi connectivity index (χ2n) is 9.15. The molecular formula is C30H29N3O3S. The Labute approximate surface area is 219 Å². The van der Waals surface area contributed by atoms with Crippen LogP contribution in [0.5, 0.6) is 0 Å². The summed E-state index contributed by atoms with van der Waals surface area (Å²) in [5.74, 6) is -0.467. The molecule has 7 heteroatoms. The fourth-order valence-electron chi connectivity index (χ4n) is 5.07. The fraction of sp³-hybridized carbons (Fsp3) is 0.233. The van der Waals surface area contributed by atoms with Gasteiger partial charge in [0.25, 0.3) is 5.56 Å². The van der Waals surface area contributed by atoms with Crippen molar-refractivity contribution in [3.8, 4) is 5.69 Å². The number of hydrogen-bond acceptors (Lipinski definition) is 5. The zero-order valence-corrected chi connectivity index (χ0v) is 22.4. The minimum atomic E-state index is -0.596. The van der Waals surface area contributed by atoms with Crippen LogP contribution in [0, 0.1) is 20.8 Å². The van der Waals surface area contributed by atoms with Gasteiger partial charge in [0.2, 0.25) is 0 Å². The maximum Gasteiger partial charge on any atom is 0.338 e. The number of carbonyl (C=O) groups is 1. The molecule has 0 amide bonds. The zero-order chi connectivity index (χ0) is 26.3. The quantitative estimate of drug-likeness (QED) is 0.370. The number of nitrogens with zero attached hydrogens (tertiary/aromatic N) is 3.